The van der Waals surface area contributed by atoms with E-state index in [1.807, 2.05) is 0 Å². The number of anilines is 1. The van der Waals surface area contributed by atoms with Gasteiger partial charge in [0.1, 0.15) is 0 Å². The number of azo groups is 1. The van der Waals surface area contributed by atoms with Crippen LogP contribution in [0.3, 0.4) is 0 Å². The third-order valence-corrected chi connectivity index (χ3v) is 3.23. The number of amides is 2. The molecule has 2 amide bonds. The maximum Gasteiger partial charge on any atom is 0.364 e. The van der Waals surface area contributed by atoms with Crippen molar-refractivity contribution in [3.05, 3.63) is 58.6 Å². The third-order valence-electron chi connectivity index (χ3n) is 3.23. The minimum absolute atomic E-state index is 0.0849. The molecule has 3 rings (SSSR count). The van der Waals surface area contributed by atoms with Gasteiger partial charge in [-0.1, -0.05) is 23.3 Å². The van der Waals surface area contributed by atoms with Gasteiger partial charge in [0, 0.05) is 23.2 Å². The van der Waals surface area contributed by atoms with Crippen molar-refractivity contribution in [2.75, 3.05) is 5.32 Å². The maximum atomic E-state index is 11.8. The van der Waals surface area contributed by atoms with Gasteiger partial charge in [-0.2, -0.15) is 0 Å². The molecule has 0 fully saturated rings. The molecule has 120 valence electrons. The van der Waals surface area contributed by atoms with Crippen molar-refractivity contribution >= 4 is 34.0 Å². The van der Waals surface area contributed by atoms with Crippen LogP contribution < -0.4 is 5.32 Å². The van der Waals surface area contributed by atoms with Crippen LogP contribution in [0.15, 0.2) is 58.8 Å². The van der Waals surface area contributed by atoms with E-state index in [4.69, 9.17) is 0 Å². The van der Waals surface area contributed by atoms with Crippen molar-refractivity contribution in [3.8, 4) is 5.88 Å². The Balaban J connectivity index is 1.75. The monoisotopic (exact) mass is 325 g/mol. The number of aromatic hydroxyl groups is 1. The van der Waals surface area contributed by atoms with Crippen molar-refractivity contribution in [3.63, 3.8) is 0 Å². The van der Waals surface area contributed by atoms with Crippen LogP contribution >= 0.6 is 0 Å². The van der Waals surface area contributed by atoms with Crippen molar-refractivity contribution in [1.29, 1.82) is 0 Å². The highest BCUT2D eigenvalue weighted by Gasteiger charge is 2.10. The predicted octanol–water partition coefficient (Wildman–Crippen LogP) is 4.10. The van der Waals surface area contributed by atoms with Gasteiger partial charge in [0.15, 0.2) is 5.69 Å². The summed E-state index contributed by atoms with van der Waals surface area (Å²) in [5.41, 5.74) is 1.08. The number of nitro groups is 1. The predicted molar refractivity (Wildman–Crippen MR) is 86.6 cm³/mol. The number of aromatic amines is 1. The summed E-state index contributed by atoms with van der Waals surface area (Å²) < 4.78 is 0. The second kappa shape index (κ2) is 6.16. The fourth-order valence-corrected chi connectivity index (χ4v) is 2.12. The zero-order valence-corrected chi connectivity index (χ0v) is 12.1. The fraction of sp³-hybridized carbons (Fsp3) is 0. The van der Waals surface area contributed by atoms with E-state index < -0.39 is 11.0 Å². The number of non-ortho nitro benzene ring substituents is 1. The number of para-hydroxylation sites is 1. The van der Waals surface area contributed by atoms with Crippen LogP contribution in [0.5, 0.6) is 5.88 Å². The number of urea groups is 1. The van der Waals surface area contributed by atoms with E-state index in [0.717, 1.165) is 0 Å². The lowest BCUT2D eigenvalue weighted by atomic mass is 10.2. The molecule has 0 saturated heterocycles. The smallest absolute Gasteiger partial charge is 0.364 e. The van der Waals surface area contributed by atoms with E-state index in [0.29, 0.717) is 16.6 Å². The number of hydrogen-bond donors (Lipinski definition) is 3. The van der Waals surface area contributed by atoms with Crippen LogP contribution in [-0.2, 0) is 0 Å². The maximum absolute atomic E-state index is 11.8. The summed E-state index contributed by atoms with van der Waals surface area (Å²) in [6.45, 7) is 0. The molecule has 3 aromatic rings. The summed E-state index contributed by atoms with van der Waals surface area (Å²) >= 11 is 0. The number of nitrogens with one attached hydrogen (secondary N) is 2. The Morgan fingerprint density at radius 2 is 1.88 bits per heavy atom. The van der Waals surface area contributed by atoms with Crippen molar-refractivity contribution in [2.45, 2.75) is 0 Å². The van der Waals surface area contributed by atoms with E-state index in [1.165, 1.54) is 24.3 Å². The summed E-state index contributed by atoms with van der Waals surface area (Å²) in [6, 6.07) is 11.6. The molecule has 0 atom stereocenters. The number of fused-ring (bicyclic) bond motifs is 1. The molecule has 0 saturated carbocycles. The zero-order chi connectivity index (χ0) is 17.1. The molecule has 3 N–H and O–H groups in total. The highest BCUT2D eigenvalue weighted by atomic mass is 16.6. The van der Waals surface area contributed by atoms with Crippen molar-refractivity contribution in [1.82, 2.24) is 4.98 Å². The molecule has 1 aromatic heterocycles. The number of aromatic nitrogens is 1. The quantitative estimate of drug-likeness (QED) is 0.380. The Morgan fingerprint density at radius 3 is 2.58 bits per heavy atom. The summed E-state index contributed by atoms with van der Waals surface area (Å²) in [6.07, 6.45) is 0. The van der Waals surface area contributed by atoms with Gasteiger partial charge in [-0.25, -0.2) is 4.79 Å². The number of nitro benzene ring substituents is 1. The first-order valence-electron chi connectivity index (χ1n) is 6.81. The third kappa shape index (κ3) is 3.04. The number of hydrogen-bond acceptors (Lipinski definition) is 5. The summed E-state index contributed by atoms with van der Waals surface area (Å²) in [4.78, 5) is 24.5. The molecule has 1 heterocycles. The Morgan fingerprint density at radius 1 is 1.17 bits per heavy atom. The van der Waals surface area contributed by atoms with E-state index in [-0.39, 0.29) is 17.3 Å². The molecule has 0 spiro atoms. The van der Waals surface area contributed by atoms with Gasteiger partial charge >= 0.3 is 6.03 Å². The van der Waals surface area contributed by atoms with Crippen LogP contribution in [-0.4, -0.2) is 21.0 Å². The van der Waals surface area contributed by atoms with Gasteiger partial charge in [0.25, 0.3) is 5.69 Å². The van der Waals surface area contributed by atoms with Crippen LogP contribution in [0.25, 0.3) is 10.9 Å². The number of rotatable bonds is 3. The van der Waals surface area contributed by atoms with Crippen LogP contribution in [0.2, 0.25) is 0 Å². The fourth-order valence-electron chi connectivity index (χ4n) is 2.12. The number of benzene rings is 2. The molecule has 0 aliphatic rings. The molecule has 2 aromatic carbocycles. The van der Waals surface area contributed by atoms with Crippen molar-refractivity contribution < 1.29 is 14.8 Å². The second-order valence-corrected chi connectivity index (χ2v) is 4.80. The first kappa shape index (κ1) is 15.2. The number of carbonyl (C=O) groups excluding carboxylic acids is 1. The summed E-state index contributed by atoms with van der Waals surface area (Å²) in [5, 5.41) is 30.7. The number of carbonyl (C=O) groups is 1. The van der Waals surface area contributed by atoms with Gasteiger partial charge in [-0.3, -0.25) is 10.1 Å². The lowest BCUT2D eigenvalue weighted by Gasteiger charge is -2.00. The largest absolute Gasteiger partial charge is 0.493 e. The standard InChI is InChI=1S/C15H11N5O4/c21-14-13(11-3-1-2-4-12(11)17-14)18-19-15(22)16-9-5-7-10(8-6-9)20(23)24/h1-8,17,21H,(H,16,22). The molecule has 24 heavy (non-hydrogen) atoms. The van der Waals surface area contributed by atoms with Gasteiger partial charge in [-0.05, 0) is 18.2 Å². The molecule has 0 unspecified atom stereocenters. The first-order chi connectivity index (χ1) is 11.5. The van der Waals surface area contributed by atoms with E-state index in [9.17, 15) is 20.0 Å². The first-order valence-corrected chi connectivity index (χ1v) is 6.81. The Labute approximate surface area is 134 Å². The average molecular weight is 325 g/mol. The molecule has 9 nitrogen and oxygen atoms in total. The topological polar surface area (TPSA) is 133 Å². The molecular formula is C15H11N5O4. The molecular weight excluding hydrogens is 314 g/mol. The SMILES string of the molecule is O=C(N=Nc1c(O)[nH]c2ccccc12)Nc1ccc([N+](=O)[O-])cc1. The summed E-state index contributed by atoms with van der Waals surface area (Å²) in [7, 11) is 0. The second-order valence-electron chi connectivity index (χ2n) is 4.80. The number of nitrogens with zero attached hydrogens (tertiary/aromatic N) is 3. The summed E-state index contributed by atoms with van der Waals surface area (Å²) in [5.74, 6) is -0.192. The highest BCUT2D eigenvalue weighted by molar-refractivity contribution is 5.95. The Kier molecular flexibility index (Phi) is 3.89. The molecule has 9 heteroatoms. The minimum atomic E-state index is -0.770. The Bertz CT molecular complexity index is 946. The van der Waals surface area contributed by atoms with Crippen molar-refractivity contribution in [2.24, 2.45) is 10.2 Å². The molecule has 0 bridgehead atoms. The Hall–Kier alpha value is -3.75. The van der Waals surface area contributed by atoms with Gasteiger partial charge < -0.3 is 15.4 Å². The minimum Gasteiger partial charge on any atom is -0.493 e. The zero-order valence-electron chi connectivity index (χ0n) is 12.1. The van der Waals surface area contributed by atoms with Gasteiger partial charge in [0.05, 0.1) is 10.4 Å². The van der Waals surface area contributed by atoms with Gasteiger partial charge in [-0.15, -0.1) is 5.11 Å². The molecule has 0 radical (unpaired) electrons. The normalized spacial score (nSPS) is 11.0. The van der Waals surface area contributed by atoms with Gasteiger partial charge in [0.2, 0.25) is 5.88 Å². The van der Waals surface area contributed by atoms with Crippen LogP contribution in [0, 0.1) is 10.1 Å². The van der Waals surface area contributed by atoms with Crippen LogP contribution in [0.1, 0.15) is 0 Å². The lowest BCUT2D eigenvalue weighted by Crippen LogP contribution is -2.05. The van der Waals surface area contributed by atoms with E-state index in [2.05, 4.69) is 20.5 Å². The molecule has 0 aliphatic heterocycles. The highest BCUT2D eigenvalue weighted by Crippen LogP contribution is 2.35. The average Bonchev–Trinajstić information content (AvgIpc) is 2.88. The number of H-pyrrole nitrogens is 1. The van der Waals surface area contributed by atoms with E-state index in [1.54, 1.807) is 24.3 Å². The lowest BCUT2D eigenvalue weighted by molar-refractivity contribution is -0.384. The van der Waals surface area contributed by atoms with Crippen LogP contribution in [0.4, 0.5) is 21.9 Å². The van der Waals surface area contributed by atoms with E-state index >= 15 is 0 Å². The molecule has 0 aliphatic carbocycles.